The SMILES string of the molecule is CN(CC(=O)NNC(=O)c1cc(-c2ccccc2)n[nH]1)C1CC1. The molecule has 1 fully saturated rings. The zero-order valence-corrected chi connectivity index (χ0v) is 12.9. The molecule has 2 amide bonds. The second-order valence-corrected chi connectivity index (χ2v) is 5.68. The molecule has 1 aromatic heterocycles. The zero-order chi connectivity index (χ0) is 16.2. The molecule has 0 saturated heterocycles. The van der Waals surface area contributed by atoms with Gasteiger partial charge in [-0.05, 0) is 26.0 Å². The summed E-state index contributed by atoms with van der Waals surface area (Å²) >= 11 is 0. The van der Waals surface area contributed by atoms with Crippen LogP contribution in [0.15, 0.2) is 36.4 Å². The van der Waals surface area contributed by atoms with Crippen molar-refractivity contribution in [3.63, 3.8) is 0 Å². The zero-order valence-electron chi connectivity index (χ0n) is 12.9. The van der Waals surface area contributed by atoms with Gasteiger partial charge in [-0.1, -0.05) is 30.3 Å². The molecule has 0 bridgehead atoms. The summed E-state index contributed by atoms with van der Waals surface area (Å²) < 4.78 is 0. The summed E-state index contributed by atoms with van der Waals surface area (Å²) in [6.07, 6.45) is 2.26. The summed E-state index contributed by atoms with van der Waals surface area (Å²) in [5.41, 5.74) is 6.69. The van der Waals surface area contributed by atoms with Gasteiger partial charge in [-0.25, -0.2) is 0 Å². The molecule has 0 atom stereocenters. The number of aromatic amines is 1. The van der Waals surface area contributed by atoms with Crippen LogP contribution in [0.25, 0.3) is 11.3 Å². The summed E-state index contributed by atoms with van der Waals surface area (Å²) in [5, 5.41) is 6.78. The maximum Gasteiger partial charge on any atom is 0.287 e. The first-order chi connectivity index (χ1) is 11.1. The van der Waals surface area contributed by atoms with Gasteiger partial charge < -0.3 is 0 Å². The van der Waals surface area contributed by atoms with Crippen molar-refractivity contribution >= 4 is 11.8 Å². The van der Waals surface area contributed by atoms with Crippen molar-refractivity contribution in [2.24, 2.45) is 0 Å². The van der Waals surface area contributed by atoms with E-state index in [1.165, 1.54) is 0 Å². The Bertz CT molecular complexity index is 694. The van der Waals surface area contributed by atoms with Crippen LogP contribution in [0.5, 0.6) is 0 Å². The summed E-state index contributed by atoms with van der Waals surface area (Å²) in [5.74, 6) is -0.669. The molecule has 3 N–H and O–H groups in total. The average Bonchev–Trinajstić information content (AvgIpc) is 3.30. The molecule has 2 aromatic rings. The number of hydrogen-bond donors (Lipinski definition) is 3. The molecular weight excluding hydrogens is 294 g/mol. The lowest BCUT2D eigenvalue weighted by atomic mass is 10.1. The lowest BCUT2D eigenvalue weighted by molar-refractivity contribution is -0.122. The number of aromatic nitrogens is 2. The Balaban J connectivity index is 1.52. The van der Waals surface area contributed by atoms with Crippen LogP contribution in [0, 0.1) is 0 Å². The smallest absolute Gasteiger partial charge is 0.287 e. The summed E-state index contributed by atoms with van der Waals surface area (Å²) in [4.78, 5) is 25.7. The van der Waals surface area contributed by atoms with Gasteiger partial charge in [0.2, 0.25) is 0 Å². The average molecular weight is 313 g/mol. The number of hydrogen-bond acceptors (Lipinski definition) is 4. The standard InChI is InChI=1S/C16H19N5O2/c1-21(12-7-8-12)10-15(22)19-20-16(23)14-9-13(17-18-14)11-5-3-2-4-6-11/h2-6,9,12H,7-8,10H2,1H3,(H,17,18)(H,19,22)(H,20,23). The molecule has 23 heavy (non-hydrogen) atoms. The van der Waals surface area contributed by atoms with E-state index in [1.807, 2.05) is 42.3 Å². The van der Waals surface area contributed by atoms with E-state index >= 15 is 0 Å². The van der Waals surface area contributed by atoms with Crippen LogP contribution in [0.1, 0.15) is 23.3 Å². The lowest BCUT2D eigenvalue weighted by Crippen LogP contribution is -2.46. The summed E-state index contributed by atoms with van der Waals surface area (Å²) in [6, 6.07) is 11.7. The number of carbonyl (C=O) groups is 2. The fourth-order valence-corrected chi connectivity index (χ4v) is 2.30. The molecule has 0 unspecified atom stereocenters. The van der Waals surface area contributed by atoms with Crippen LogP contribution in [0.4, 0.5) is 0 Å². The quantitative estimate of drug-likeness (QED) is 0.716. The van der Waals surface area contributed by atoms with Crippen molar-refractivity contribution in [1.82, 2.24) is 25.9 Å². The topological polar surface area (TPSA) is 90.1 Å². The number of amides is 2. The van der Waals surface area contributed by atoms with E-state index in [0.29, 0.717) is 17.4 Å². The fraction of sp³-hybridized carbons (Fsp3) is 0.312. The first-order valence-electron chi connectivity index (χ1n) is 7.54. The Morgan fingerprint density at radius 2 is 2.00 bits per heavy atom. The number of nitrogens with one attached hydrogen (secondary N) is 3. The Morgan fingerprint density at radius 3 is 2.70 bits per heavy atom. The van der Waals surface area contributed by atoms with Crippen molar-refractivity contribution in [2.45, 2.75) is 18.9 Å². The second-order valence-electron chi connectivity index (χ2n) is 5.68. The third kappa shape index (κ3) is 3.95. The number of nitrogens with zero attached hydrogens (tertiary/aromatic N) is 2. The lowest BCUT2D eigenvalue weighted by Gasteiger charge is -2.15. The Hall–Kier alpha value is -2.67. The van der Waals surface area contributed by atoms with Crippen LogP contribution in [-0.2, 0) is 4.79 Å². The number of likely N-dealkylation sites (N-methyl/N-ethyl adjacent to an activating group) is 1. The molecule has 1 aliphatic rings. The van der Waals surface area contributed by atoms with Crippen molar-refractivity contribution in [3.8, 4) is 11.3 Å². The fourth-order valence-electron chi connectivity index (χ4n) is 2.30. The summed E-state index contributed by atoms with van der Waals surface area (Å²) in [7, 11) is 1.90. The highest BCUT2D eigenvalue weighted by Crippen LogP contribution is 2.24. The van der Waals surface area contributed by atoms with Crippen molar-refractivity contribution in [1.29, 1.82) is 0 Å². The maximum absolute atomic E-state index is 12.0. The Kier molecular flexibility index (Phi) is 4.38. The molecule has 0 radical (unpaired) electrons. The van der Waals surface area contributed by atoms with Gasteiger partial charge >= 0.3 is 0 Å². The number of benzene rings is 1. The van der Waals surface area contributed by atoms with E-state index in [2.05, 4.69) is 21.0 Å². The number of rotatable bonds is 5. The van der Waals surface area contributed by atoms with Crippen LogP contribution in [-0.4, -0.2) is 46.5 Å². The third-order valence-electron chi connectivity index (χ3n) is 3.77. The predicted molar refractivity (Wildman–Crippen MR) is 85.3 cm³/mol. The summed E-state index contributed by atoms with van der Waals surface area (Å²) in [6.45, 7) is 0.267. The molecule has 1 saturated carbocycles. The molecule has 7 heteroatoms. The highest BCUT2D eigenvalue weighted by molar-refractivity contribution is 5.94. The molecule has 0 aliphatic heterocycles. The van der Waals surface area contributed by atoms with Gasteiger partial charge in [-0.2, -0.15) is 5.10 Å². The van der Waals surface area contributed by atoms with Crippen LogP contribution < -0.4 is 10.9 Å². The molecule has 7 nitrogen and oxygen atoms in total. The van der Waals surface area contributed by atoms with E-state index in [9.17, 15) is 9.59 Å². The van der Waals surface area contributed by atoms with Gasteiger partial charge in [0.25, 0.3) is 11.8 Å². The van der Waals surface area contributed by atoms with Gasteiger partial charge in [0.15, 0.2) is 0 Å². The van der Waals surface area contributed by atoms with Gasteiger partial charge in [-0.15, -0.1) is 0 Å². The van der Waals surface area contributed by atoms with E-state index < -0.39 is 5.91 Å². The van der Waals surface area contributed by atoms with Crippen LogP contribution >= 0.6 is 0 Å². The van der Waals surface area contributed by atoms with Crippen LogP contribution in [0.2, 0.25) is 0 Å². The van der Waals surface area contributed by atoms with Gasteiger partial charge in [0, 0.05) is 11.6 Å². The largest absolute Gasteiger partial charge is 0.295 e. The monoisotopic (exact) mass is 313 g/mol. The van der Waals surface area contributed by atoms with E-state index in [-0.39, 0.29) is 12.5 Å². The minimum absolute atomic E-state index is 0.240. The highest BCUT2D eigenvalue weighted by atomic mass is 16.2. The Morgan fingerprint density at radius 1 is 1.26 bits per heavy atom. The molecule has 0 spiro atoms. The van der Waals surface area contributed by atoms with Gasteiger partial charge in [0.05, 0.1) is 12.2 Å². The predicted octanol–water partition coefficient (Wildman–Crippen LogP) is 0.932. The normalized spacial score (nSPS) is 13.8. The Labute approximate surface area is 134 Å². The number of hydrazine groups is 1. The van der Waals surface area contributed by atoms with E-state index in [1.54, 1.807) is 6.07 Å². The number of H-pyrrole nitrogens is 1. The minimum atomic E-state index is -0.429. The first kappa shape index (κ1) is 15.2. The van der Waals surface area contributed by atoms with Gasteiger partial charge in [0.1, 0.15) is 5.69 Å². The van der Waals surface area contributed by atoms with Crippen molar-refractivity contribution in [3.05, 3.63) is 42.1 Å². The third-order valence-corrected chi connectivity index (χ3v) is 3.77. The molecule has 120 valence electrons. The number of carbonyl (C=O) groups excluding carboxylic acids is 2. The van der Waals surface area contributed by atoms with E-state index in [4.69, 9.17) is 0 Å². The van der Waals surface area contributed by atoms with Gasteiger partial charge in [-0.3, -0.25) is 30.4 Å². The molecule has 1 heterocycles. The van der Waals surface area contributed by atoms with Crippen molar-refractivity contribution < 1.29 is 9.59 Å². The van der Waals surface area contributed by atoms with Crippen molar-refractivity contribution in [2.75, 3.05) is 13.6 Å². The molecule has 1 aromatic carbocycles. The molecule has 1 aliphatic carbocycles. The molecular formula is C16H19N5O2. The van der Waals surface area contributed by atoms with Crippen LogP contribution in [0.3, 0.4) is 0 Å². The highest BCUT2D eigenvalue weighted by Gasteiger charge is 2.27. The molecule has 3 rings (SSSR count). The minimum Gasteiger partial charge on any atom is -0.295 e. The first-order valence-corrected chi connectivity index (χ1v) is 7.54. The second kappa shape index (κ2) is 6.62. The van der Waals surface area contributed by atoms with E-state index in [0.717, 1.165) is 18.4 Å². The maximum atomic E-state index is 12.0.